The van der Waals surface area contributed by atoms with Crippen LogP contribution in [0.25, 0.3) is 22.4 Å². The molecule has 0 unspecified atom stereocenters. The number of benzene rings is 2. The molecule has 3 aromatic rings. The van der Waals surface area contributed by atoms with E-state index in [0.29, 0.717) is 22.5 Å². The van der Waals surface area contributed by atoms with Crippen LogP contribution in [0.2, 0.25) is 0 Å². The van der Waals surface area contributed by atoms with Crippen molar-refractivity contribution in [3.8, 4) is 11.4 Å². The summed E-state index contributed by atoms with van der Waals surface area (Å²) < 4.78 is 1.89. The number of aryl methyl sites for hydroxylation is 2. The highest BCUT2D eigenvalue weighted by molar-refractivity contribution is 6.02. The first-order valence-corrected chi connectivity index (χ1v) is 8.70. The first-order chi connectivity index (χ1) is 13.3. The summed E-state index contributed by atoms with van der Waals surface area (Å²) in [6, 6.07) is 10.8. The molecule has 0 fully saturated rings. The summed E-state index contributed by atoms with van der Waals surface area (Å²) in [4.78, 5) is 27.4. The van der Waals surface area contributed by atoms with Gasteiger partial charge in [0.2, 0.25) is 0 Å². The number of amidine groups is 1. The second-order valence-corrected chi connectivity index (χ2v) is 6.56. The minimum absolute atomic E-state index is 0.0377. The molecule has 1 amide bonds. The largest absolute Gasteiger partial charge is 0.481 e. The van der Waals surface area contributed by atoms with Crippen LogP contribution >= 0.6 is 0 Å². The number of nitrogen functional groups attached to an aromatic ring is 1. The molecule has 8 heteroatoms. The number of hydrogen-bond donors (Lipinski definition) is 4. The number of aliphatic carboxylic acids is 1. The highest BCUT2D eigenvalue weighted by Crippen LogP contribution is 2.27. The molecule has 0 aliphatic rings. The Labute approximate surface area is 161 Å². The van der Waals surface area contributed by atoms with Crippen molar-refractivity contribution in [3.05, 3.63) is 53.1 Å². The number of imidazole rings is 1. The molecule has 28 heavy (non-hydrogen) atoms. The number of nitrogens with two attached hydrogens (primary N) is 1. The van der Waals surface area contributed by atoms with Gasteiger partial charge in [0.15, 0.2) is 0 Å². The molecule has 0 aliphatic carbocycles. The van der Waals surface area contributed by atoms with Crippen molar-refractivity contribution in [2.75, 3.05) is 6.54 Å². The molecule has 3 rings (SSSR count). The maximum absolute atomic E-state index is 12.2. The summed E-state index contributed by atoms with van der Waals surface area (Å²) in [7, 11) is 1.86. The zero-order valence-corrected chi connectivity index (χ0v) is 15.6. The van der Waals surface area contributed by atoms with E-state index in [1.54, 1.807) is 18.2 Å². The number of nitrogens with zero attached hydrogens (tertiary/aromatic N) is 2. The maximum Gasteiger partial charge on any atom is 0.305 e. The highest BCUT2D eigenvalue weighted by Gasteiger charge is 2.16. The van der Waals surface area contributed by atoms with E-state index in [1.807, 2.05) is 36.7 Å². The lowest BCUT2D eigenvalue weighted by Gasteiger charge is -2.09. The van der Waals surface area contributed by atoms with E-state index >= 15 is 0 Å². The molecular formula is C20H21N5O3. The molecule has 144 valence electrons. The Hall–Kier alpha value is -3.68. The van der Waals surface area contributed by atoms with Gasteiger partial charge in [0, 0.05) is 30.3 Å². The Morgan fingerprint density at radius 2 is 2.00 bits per heavy atom. The van der Waals surface area contributed by atoms with Gasteiger partial charge in [0.05, 0.1) is 17.5 Å². The van der Waals surface area contributed by atoms with Crippen LogP contribution in [0.5, 0.6) is 0 Å². The average molecular weight is 379 g/mol. The van der Waals surface area contributed by atoms with Crippen molar-refractivity contribution >= 4 is 28.7 Å². The molecule has 0 radical (unpaired) electrons. The molecule has 0 spiro atoms. The van der Waals surface area contributed by atoms with Crippen molar-refractivity contribution in [3.63, 3.8) is 0 Å². The lowest BCUT2D eigenvalue weighted by Crippen LogP contribution is -2.25. The molecule has 0 bridgehead atoms. The van der Waals surface area contributed by atoms with E-state index in [0.717, 1.165) is 16.6 Å². The Balaban J connectivity index is 1.99. The Bertz CT molecular complexity index is 1100. The lowest BCUT2D eigenvalue weighted by molar-refractivity contribution is -0.136. The van der Waals surface area contributed by atoms with Crippen LogP contribution in [0.4, 0.5) is 0 Å². The lowest BCUT2D eigenvalue weighted by atomic mass is 10.0. The molecule has 8 nitrogen and oxygen atoms in total. The topological polar surface area (TPSA) is 134 Å². The zero-order valence-electron chi connectivity index (χ0n) is 15.6. The van der Waals surface area contributed by atoms with Crippen LogP contribution in [0, 0.1) is 12.3 Å². The smallest absolute Gasteiger partial charge is 0.305 e. The molecule has 1 heterocycles. The Kier molecular flexibility index (Phi) is 5.12. The number of carbonyl (C=O) groups excluding carboxylic acids is 1. The van der Waals surface area contributed by atoms with Crippen molar-refractivity contribution in [1.29, 1.82) is 5.41 Å². The predicted molar refractivity (Wildman–Crippen MR) is 106 cm³/mol. The van der Waals surface area contributed by atoms with Gasteiger partial charge in [0.25, 0.3) is 5.91 Å². The molecule has 1 aromatic heterocycles. The number of rotatable bonds is 6. The molecule has 2 aromatic carbocycles. The van der Waals surface area contributed by atoms with Gasteiger partial charge >= 0.3 is 5.97 Å². The van der Waals surface area contributed by atoms with E-state index in [4.69, 9.17) is 16.2 Å². The Morgan fingerprint density at radius 1 is 1.25 bits per heavy atom. The monoisotopic (exact) mass is 379 g/mol. The molecule has 0 saturated heterocycles. The molecular weight excluding hydrogens is 358 g/mol. The summed E-state index contributed by atoms with van der Waals surface area (Å²) in [5, 5.41) is 19.1. The summed E-state index contributed by atoms with van der Waals surface area (Å²) in [6.45, 7) is 1.99. The van der Waals surface area contributed by atoms with Crippen molar-refractivity contribution in [1.82, 2.24) is 14.9 Å². The minimum Gasteiger partial charge on any atom is -0.481 e. The van der Waals surface area contributed by atoms with Gasteiger partial charge in [-0.2, -0.15) is 0 Å². The van der Waals surface area contributed by atoms with Gasteiger partial charge in [-0.1, -0.05) is 17.7 Å². The summed E-state index contributed by atoms with van der Waals surface area (Å²) in [5.74, 6) is -0.715. The number of nitrogens with one attached hydrogen (secondary N) is 2. The van der Waals surface area contributed by atoms with E-state index in [-0.39, 0.29) is 24.7 Å². The highest BCUT2D eigenvalue weighted by atomic mass is 16.4. The van der Waals surface area contributed by atoms with Gasteiger partial charge in [0.1, 0.15) is 11.7 Å². The van der Waals surface area contributed by atoms with Gasteiger partial charge in [-0.25, -0.2) is 4.98 Å². The van der Waals surface area contributed by atoms with Crippen LogP contribution in [0.3, 0.4) is 0 Å². The number of fused-ring (bicyclic) bond motifs is 1. The third kappa shape index (κ3) is 3.71. The minimum atomic E-state index is -0.968. The normalized spacial score (nSPS) is 10.8. The second-order valence-electron chi connectivity index (χ2n) is 6.56. The van der Waals surface area contributed by atoms with E-state index in [9.17, 15) is 9.59 Å². The number of aromatic nitrogens is 2. The van der Waals surface area contributed by atoms with Crippen molar-refractivity contribution < 1.29 is 14.7 Å². The van der Waals surface area contributed by atoms with Gasteiger partial charge in [-0.15, -0.1) is 0 Å². The summed E-state index contributed by atoms with van der Waals surface area (Å²) >= 11 is 0. The van der Waals surface area contributed by atoms with Crippen LogP contribution in [0.15, 0.2) is 36.4 Å². The van der Waals surface area contributed by atoms with Crippen LogP contribution in [-0.2, 0) is 11.8 Å². The van der Waals surface area contributed by atoms with Crippen molar-refractivity contribution in [2.24, 2.45) is 12.8 Å². The Morgan fingerprint density at radius 3 is 2.68 bits per heavy atom. The number of hydrogen-bond acceptors (Lipinski definition) is 4. The summed E-state index contributed by atoms with van der Waals surface area (Å²) in [6.07, 6.45) is -0.136. The van der Waals surface area contributed by atoms with E-state index < -0.39 is 5.97 Å². The maximum atomic E-state index is 12.2. The van der Waals surface area contributed by atoms with Crippen LogP contribution in [0.1, 0.15) is 27.9 Å². The second kappa shape index (κ2) is 7.51. The molecule has 0 saturated carbocycles. The van der Waals surface area contributed by atoms with E-state index in [2.05, 4.69) is 10.3 Å². The standard InChI is InChI=1S/C20H21N5O3/c1-11-3-5-13(14(9-11)18(21)22)19-24-15-10-12(4-6-16(15)25(19)2)20(28)23-8-7-17(26)27/h3-6,9-10H,7-8H2,1-2H3,(H3,21,22)(H,23,28)(H,26,27). The third-order valence-electron chi connectivity index (χ3n) is 4.47. The van der Waals surface area contributed by atoms with Gasteiger partial charge in [-0.05, 0) is 31.2 Å². The average Bonchev–Trinajstić information content (AvgIpc) is 2.97. The number of carboxylic acid groups (broad SMARTS) is 1. The van der Waals surface area contributed by atoms with Crippen LogP contribution < -0.4 is 11.1 Å². The fraction of sp³-hybridized carbons (Fsp3) is 0.200. The number of carboxylic acids is 1. The first-order valence-electron chi connectivity index (χ1n) is 8.70. The molecule has 0 aliphatic heterocycles. The number of carbonyl (C=O) groups is 2. The van der Waals surface area contributed by atoms with E-state index in [1.165, 1.54) is 0 Å². The van der Waals surface area contributed by atoms with Gasteiger partial charge < -0.3 is 20.7 Å². The zero-order chi connectivity index (χ0) is 20.4. The SMILES string of the molecule is Cc1ccc(-c2nc3cc(C(=O)NCCC(=O)O)ccc3n2C)c(C(=N)N)c1. The predicted octanol–water partition coefficient (Wildman–Crippen LogP) is 2.04. The quantitative estimate of drug-likeness (QED) is 0.384. The first kappa shape index (κ1) is 19.1. The number of amides is 1. The molecule has 5 N–H and O–H groups in total. The fourth-order valence-electron chi connectivity index (χ4n) is 3.04. The fourth-order valence-corrected chi connectivity index (χ4v) is 3.04. The molecule has 0 atom stereocenters. The third-order valence-corrected chi connectivity index (χ3v) is 4.47. The van der Waals surface area contributed by atoms with Gasteiger partial charge in [-0.3, -0.25) is 15.0 Å². The van der Waals surface area contributed by atoms with Crippen LogP contribution in [-0.4, -0.2) is 38.9 Å². The summed E-state index contributed by atoms with van der Waals surface area (Å²) in [5.41, 5.74) is 9.93. The van der Waals surface area contributed by atoms with Crippen molar-refractivity contribution in [2.45, 2.75) is 13.3 Å².